The van der Waals surface area contributed by atoms with Crippen LogP contribution in [0.5, 0.6) is 0 Å². The Morgan fingerprint density at radius 1 is 1.39 bits per heavy atom. The molecule has 18 heavy (non-hydrogen) atoms. The third kappa shape index (κ3) is 5.54. The zero-order chi connectivity index (χ0) is 13.8. The Hall–Kier alpha value is -1.02. The van der Waals surface area contributed by atoms with E-state index in [2.05, 4.69) is 26.1 Å². The Balaban J connectivity index is 2.47. The lowest BCUT2D eigenvalue weighted by atomic mass is 9.90. The number of halogens is 1. The predicted octanol–water partition coefficient (Wildman–Crippen LogP) is 3.77. The molecule has 1 atom stereocenters. The highest BCUT2D eigenvalue weighted by atomic mass is 35.5. The summed E-state index contributed by atoms with van der Waals surface area (Å²) in [5, 5.41) is 2.85. The zero-order valence-corrected chi connectivity index (χ0v) is 12.3. The largest absolute Gasteiger partial charge is 0.351 e. The van der Waals surface area contributed by atoms with E-state index in [1.165, 1.54) is 0 Å². The minimum atomic E-state index is -0.0572. The maximum atomic E-state index is 11.9. The molecule has 0 aliphatic carbocycles. The van der Waals surface area contributed by atoms with Crippen LogP contribution in [0.3, 0.4) is 0 Å². The fourth-order valence-electron chi connectivity index (χ4n) is 1.83. The number of benzene rings is 1. The minimum Gasteiger partial charge on any atom is -0.351 e. The molecule has 1 N–H and O–H groups in total. The maximum Gasteiger partial charge on any atom is 0.251 e. The van der Waals surface area contributed by atoms with Crippen molar-refractivity contribution in [1.82, 2.24) is 5.32 Å². The monoisotopic (exact) mass is 267 g/mol. The van der Waals surface area contributed by atoms with Crippen molar-refractivity contribution in [2.24, 2.45) is 5.41 Å². The van der Waals surface area contributed by atoms with Gasteiger partial charge in [0, 0.05) is 12.1 Å². The van der Waals surface area contributed by atoms with E-state index in [0.29, 0.717) is 12.1 Å². The van der Waals surface area contributed by atoms with Crippen molar-refractivity contribution in [1.29, 1.82) is 0 Å². The van der Waals surface area contributed by atoms with Crippen molar-refractivity contribution >= 4 is 17.5 Å². The predicted molar refractivity (Wildman–Crippen MR) is 77.2 cm³/mol. The molecule has 1 aromatic carbocycles. The summed E-state index contributed by atoms with van der Waals surface area (Å²) < 4.78 is 0. The van der Waals surface area contributed by atoms with Crippen LogP contribution in [0.1, 0.15) is 43.1 Å². The van der Waals surface area contributed by atoms with Gasteiger partial charge in [-0.25, -0.2) is 0 Å². The van der Waals surface area contributed by atoms with Gasteiger partial charge in [0.25, 0.3) is 5.91 Å². The van der Waals surface area contributed by atoms with Gasteiger partial charge in [-0.15, -0.1) is 11.6 Å². The van der Waals surface area contributed by atoms with Crippen LogP contribution in [-0.4, -0.2) is 17.8 Å². The van der Waals surface area contributed by atoms with E-state index in [1.807, 2.05) is 31.2 Å². The standard InChI is InChI=1S/C15H22ClNO/c1-11-6-5-7-12(8-11)14(18)17-10-13(16)9-15(2,3)4/h5-8,13H,9-10H2,1-4H3,(H,17,18). The highest BCUT2D eigenvalue weighted by Crippen LogP contribution is 2.23. The molecular formula is C15H22ClNO. The van der Waals surface area contributed by atoms with Crippen LogP contribution in [0.4, 0.5) is 0 Å². The van der Waals surface area contributed by atoms with E-state index in [4.69, 9.17) is 11.6 Å². The van der Waals surface area contributed by atoms with Crippen molar-refractivity contribution in [2.45, 2.75) is 39.5 Å². The topological polar surface area (TPSA) is 29.1 Å². The lowest BCUT2D eigenvalue weighted by Crippen LogP contribution is -2.31. The maximum absolute atomic E-state index is 11.9. The first-order valence-corrected chi connectivity index (χ1v) is 6.70. The second-order valence-electron chi connectivity index (χ2n) is 5.94. The molecule has 0 aliphatic rings. The molecule has 3 heteroatoms. The number of alkyl halides is 1. The average molecular weight is 268 g/mol. The van der Waals surface area contributed by atoms with Crippen LogP contribution in [0.15, 0.2) is 24.3 Å². The summed E-state index contributed by atoms with van der Waals surface area (Å²) in [6, 6.07) is 7.55. The minimum absolute atomic E-state index is 0.0289. The van der Waals surface area contributed by atoms with E-state index in [9.17, 15) is 4.79 Å². The van der Waals surface area contributed by atoms with Crippen molar-refractivity contribution in [3.63, 3.8) is 0 Å². The molecule has 0 heterocycles. The number of nitrogens with one attached hydrogen (secondary N) is 1. The summed E-state index contributed by atoms with van der Waals surface area (Å²) in [6.07, 6.45) is 0.878. The first kappa shape index (κ1) is 15.0. The van der Waals surface area contributed by atoms with Gasteiger partial charge < -0.3 is 5.32 Å². The van der Waals surface area contributed by atoms with Crippen LogP contribution in [0.2, 0.25) is 0 Å². The number of carbonyl (C=O) groups excluding carboxylic acids is 1. The molecule has 100 valence electrons. The van der Waals surface area contributed by atoms with Crippen LogP contribution in [0, 0.1) is 12.3 Å². The summed E-state index contributed by atoms with van der Waals surface area (Å²) in [5.41, 5.74) is 1.95. The number of aryl methyl sites for hydroxylation is 1. The molecule has 1 aromatic rings. The molecule has 0 fully saturated rings. The quantitative estimate of drug-likeness (QED) is 0.827. The molecule has 1 rings (SSSR count). The Labute approximate surface area is 115 Å². The normalized spacial score (nSPS) is 13.2. The molecule has 0 saturated heterocycles. The summed E-state index contributed by atoms with van der Waals surface area (Å²) >= 11 is 6.21. The summed E-state index contributed by atoms with van der Waals surface area (Å²) in [6.45, 7) is 8.91. The summed E-state index contributed by atoms with van der Waals surface area (Å²) in [7, 11) is 0. The smallest absolute Gasteiger partial charge is 0.251 e. The van der Waals surface area contributed by atoms with E-state index in [1.54, 1.807) is 0 Å². The van der Waals surface area contributed by atoms with Gasteiger partial charge in [-0.2, -0.15) is 0 Å². The van der Waals surface area contributed by atoms with Crippen LogP contribution in [-0.2, 0) is 0 Å². The molecular weight excluding hydrogens is 246 g/mol. The first-order valence-electron chi connectivity index (χ1n) is 6.27. The Bertz CT molecular complexity index is 409. The van der Waals surface area contributed by atoms with Crippen molar-refractivity contribution < 1.29 is 4.79 Å². The van der Waals surface area contributed by atoms with Crippen molar-refractivity contribution in [3.8, 4) is 0 Å². The van der Waals surface area contributed by atoms with Gasteiger partial charge in [-0.05, 0) is 30.9 Å². The third-order valence-electron chi connectivity index (χ3n) is 2.60. The Morgan fingerprint density at radius 2 is 2.06 bits per heavy atom. The lowest BCUT2D eigenvalue weighted by Gasteiger charge is -2.22. The molecule has 0 aliphatic heterocycles. The van der Waals surface area contributed by atoms with Crippen LogP contribution >= 0.6 is 11.6 Å². The van der Waals surface area contributed by atoms with Gasteiger partial charge in [0.05, 0.1) is 5.38 Å². The highest BCUT2D eigenvalue weighted by molar-refractivity contribution is 6.21. The molecule has 0 saturated carbocycles. The second-order valence-corrected chi connectivity index (χ2v) is 6.56. The van der Waals surface area contributed by atoms with Gasteiger partial charge in [-0.1, -0.05) is 38.5 Å². The Kier molecular flexibility index (Phi) is 5.21. The fraction of sp³-hybridized carbons (Fsp3) is 0.533. The highest BCUT2D eigenvalue weighted by Gasteiger charge is 2.17. The lowest BCUT2D eigenvalue weighted by molar-refractivity contribution is 0.0952. The van der Waals surface area contributed by atoms with Gasteiger partial charge in [-0.3, -0.25) is 4.79 Å². The van der Waals surface area contributed by atoms with E-state index >= 15 is 0 Å². The van der Waals surface area contributed by atoms with E-state index in [-0.39, 0.29) is 16.7 Å². The van der Waals surface area contributed by atoms with Gasteiger partial charge in [0.1, 0.15) is 0 Å². The third-order valence-corrected chi connectivity index (χ3v) is 2.91. The molecule has 1 unspecified atom stereocenters. The first-order chi connectivity index (χ1) is 8.28. The fourth-order valence-corrected chi connectivity index (χ4v) is 2.37. The molecule has 1 amide bonds. The van der Waals surface area contributed by atoms with Gasteiger partial charge in [0.15, 0.2) is 0 Å². The SMILES string of the molecule is Cc1cccc(C(=O)NCC(Cl)CC(C)(C)C)c1. The van der Waals surface area contributed by atoms with Crippen LogP contribution in [0.25, 0.3) is 0 Å². The van der Waals surface area contributed by atoms with Crippen LogP contribution < -0.4 is 5.32 Å². The van der Waals surface area contributed by atoms with E-state index in [0.717, 1.165) is 12.0 Å². The average Bonchev–Trinajstić information content (AvgIpc) is 2.23. The number of amides is 1. The van der Waals surface area contributed by atoms with Crippen molar-refractivity contribution in [3.05, 3.63) is 35.4 Å². The molecule has 0 radical (unpaired) electrons. The van der Waals surface area contributed by atoms with E-state index < -0.39 is 0 Å². The number of carbonyl (C=O) groups is 1. The van der Waals surface area contributed by atoms with Gasteiger partial charge in [0.2, 0.25) is 0 Å². The summed E-state index contributed by atoms with van der Waals surface area (Å²) in [5.74, 6) is -0.0572. The molecule has 2 nitrogen and oxygen atoms in total. The number of rotatable bonds is 4. The molecule has 0 spiro atoms. The zero-order valence-electron chi connectivity index (χ0n) is 11.6. The number of hydrogen-bond acceptors (Lipinski definition) is 1. The number of hydrogen-bond donors (Lipinski definition) is 1. The second kappa shape index (κ2) is 6.24. The molecule has 0 bridgehead atoms. The molecule has 0 aromatic heterocycles. The van der Waals surface area contributed by atoms with Gasteiger partial charge >= 0.3 is 0 Å². The Morgan fingerprint density at radius 3 is 2.61 bits per heavy atom. The summed E-state index contributed by atoms with van der Waals surface area (Å²) in [4.78, 5) is 11.9. The van der Waals surface area contributed by atoms with Crippen molar-refractivity contribution in [2.75, 3.05) is 6.54 Å².